The normalized spacial score (nSPS) is 20.9. The fourth-order valence-electron chi connectivity index (χ4n) is 4.69. The Kier molecular flexibility index (Phi) is 6.24. The van der Waals surface area contributed by atoms with Gasteiger partial charge in [0.1, 0.15) is 6.61 Å². The number of hydrogen-bond donors (Lipinski definition) is 1. The van der Waals surface area contributed by atoms with Crippen molar-refractivity contribution in [3.63, 3.8) is 0 Å². The molecule has 0 spiro atoms. The number of benzene rings is 3. The number of hydrogen-bond acceptors (Lipinski definition) is 3. The van der Waals surface area contributed by atoms with Crippen molar-refractivity contribution in [2.45, 2.75) is 25.0 Å². The molecular formula is C26H22Br2ClNO2. The summed E-state index contributed by atoms with van der Waals surface area (Å²) in [6.07, 6.45) is 5.69. The van der Waals surface area contributed by atoms with E-state index < -0.39 is 0 Å². The predicted molar refractivity (Wildman–Crippen MR) is 137 cm³/mol. The van der Waals surface area contributed by atoms with Crippen LogP contribution in [-0.4, -0.2) is 7.11 Å². The molecule has 2 aliphatic rings. The van der Waals surface area contributed by atoms with E-state index in [1.54, 1.807) is 7.11 Å². The first-order valence-electron chi connectivity index (χ1n) is 10.5. The lowest BCUT2D eigenvalue weighted by molar-refractivity contribution is 0.282. The van der Waals surface area contributed by atoms with Gasteiger partial charge in [-0.05, 0) is 87.4 Å². The van der Waals surface area contributed by atoms with Crippen molar-refractivity contribution in [3.8, 4) is 11.5 Å². The molecule has 0 fully saturated rings. The average Bonchev–Trinajstić information content (AvgIpc) is 3.29. The predicted octanol–water partition coefficient (Wildman–Crippen LogP) is 8.28. The van der Waals surface area contributed by atoms with E-state index in [2.05, 4.69) is 79.7 Å². The minimum atomic E-state index is 0.180. The Labute approximate surface area is 210 Å². The van der Waals surface area contributed by atoms with E-state index >= 15 is 0 Å². The Bertz CT molecular complexity index is 1180. The number of halogens is 3. The third-order valence-electron chi connectivity index (χ3n) is 6.23. The highest BCUT2D eigenvalue weighted by atomic mass is 79.9. The number of allylic oxidation sites excluding steroid dienone is 2. The lowest BCUT2D eigenvalue weighted by atomic mass is 9.77. The van der Waals surface area contributed by atoms with E-state index in [1.807, 2.05) is 24.3 Å². The summed E-state index contributed by atoms with van der Waals surface area (Å²) in [4.78, 5) is 0. The molecule has 6 heteroatoms. The number of fused-ring (bicyclic) bond motifs is 3. The molecule has 5 rings (SSSR count). The Morgan fingerprint density at radius 1 is 1.06 bits per heavy atom. The van der Waals surface area contributed by atoms with Gasteiger partial charge in [-0.2, -0.15) is 0 Å². The van der Waals surface area contributed by atoms with Crippen molar-refractivity contribution in [2.75, 3.05) is 12.4 Å². The second kappa shape index (κ2) is 9.12. The third kappa shape index (κ3) is 4.18. The first-order chi connectivity index (χ1) is 15.5. The summed E-state index contributed by atoms with van der Waals surface area (Å²) in [6.45, 7) is 0.435. The highest BCUT2D eigenvalue weighted by molar-refractivity contribution is 9.10. The van der Waals surface area contributed by atoms with Crippen LogP contribution in [0.1, 0.15) is 35.1 Å². The summed E-state index contributed by atoms with van der Waals surface area (Å²) in [5, 5.41) is 4.50. The lowest BCUT2D eigenvalue weighted by Gasteiger charge is -2.38. The Morgan fingerprint density at radius 2 is 1.88 bits per heavy atom. The van der Waals surface area contributed by atoms with Crippen LogP contribution in [0.15, 0.2) is 75.7 Å². The van der Waals surface area contributed by atoms with Crippen molar-refractivity contribution in [1.29, 1.82) is 0 Å². The van der Waals surface area contributed by atoms with E-state index in [9.17, 15) is 0 Å². The number of methoxy groups -OCH3 is 1. The zero-order chi connectivity index (χ0) is 22.2. The van der Waals surface area contributed by atoms with Crippen LogP contribution in [-0.2, 0) is 6.61 Å². The largest absolute Gasteiger partial charge is 0.493 e. The van der Waals surface area contributed by atoms with Crippen LogP contribution >= 0.6 is 43.5 Å². The zero-order valence-electron chi connectivity index (χ0n) is 17.4. The summed E-state index contributed by atoms with van der Waals surface area (Å²) < 4.78 is 13.9. The van der Waals surface area contributed by atoms with Gasteiger partial charge in [0.25, 0.3) is 0 Å². The number of ether oxygens (including phenoxy) is 2. The van der Waals surface area contributed by atoms with E-state index in [0.717, 1.165) is 20.9 Å². The molecule has 164 valence electrons. The van der Waals surface area contributed by atoms with Gasteiger partial charge in [0.05, 0.1) is 17.6 Å². The lowest BCUT2D eigenvalue weighted by Crippen LogP contribution is -2.29. The SMILES string of the molecule is COc1cc([C@@H]2Nc3ccc(Br)cc3[C@@H]3C=CC[C@@H]32)cc(Br)c1OCc1ccc(Cl)cc1. The molecule has 0 saturated heterocycles. The fourth-order valence-corrected chi connectivity index (χ4v) is 5.77. The van der Waals surface area contributed by atoms with Crippen LogP contribution in [0.3, 0.4) is 0 Å². The monoisotopic (exact) mass is 573 g/mol. The van der Waals surface area contributed by atoms with E-state index in [-0.39, 0.29) is 6.04 Å². The summed E-state index contributed by atoms with van der Waals surface area (Å²) in [6, 6.07) is 18.6. The van der Waals surface area contributed by atoms with Gasteiger partial charge in [-0.15, -0.1) is 0 Å². The molecule has 3 aromatic carbocycles. The fraction of sp³-hybridized carbons (Fsp3) is 0.231. The van der Waals surface area contributed by atoms with Gasteiger partial charge in [-0.1, -0.05) is 51.8 Å². The second-order valence-corrected chi connectivity index (χ2v) is 10.4. The molecule has 32 heavy (non-hydrogen) atoms. The maximum atomic E-state index is 6.13. The molecule has 3 atom stereocenters. The average molecular weight is 576 g/mol. The van der Waals surface area contributed by atoms with Crippen molar-refractivity contribution < 1.29 is 9.47 Å². The molecule has 0 saturated carbocycles. The van der Waals surface area contributed by atoms with Gasteiger partial charge in [0.2, 0.25) is 0 Å². The second-order valence-electron chi connectivity index (χ2n) is 8.16. The van der Waals surface area contributed by atoms with Gasteiger partial charge < -0.3 is 14.8 Å². The topological polar surface area (TPSA) is 30.5 Å². The van der Waals surface area contributed by atoms with Gasteiger partial charge in [0.15, 0.2) is 11.5 Å². The summed E-state index contributed by atoms with van der Waals surface area (Å²) in [5.74, 6) is 2.27. The van der Waals surface area contributed by atoms with Gasteiger partial charge in [-0.3, -0.25) is 0 Å². The van der Waals surface area contributed by atoms with Crippen LogP contribution in [0, 0.1) is 5.92 Å². The van der Waals surface area contributed by atoms with Crippen LogP contribution in [0.5, 0.6) is 11.5 Å². The summed E-state index contributed by atoms with van der Waals surface area (Å²) in [5.41, 5.74) is 4.76. The Balaban J connectivity index is 1.44. The van der Waals surface area contributed by atoms with Crippen LogP contribution in [0.2, 0.25) is 5.02 Å². The summed E-state index contributed by atoms with van der Waals surface area (Å²) >= 11 is 13.3. The van der Waals surface area contributed by atoms with Crippen molar-refractivity contribution in [1.82, 2.24) is 0 Å². The third-order valence-corrected chi connectivity index (χ3v) is 7.57. The molecule has 3 aromatic rings. The van der Waals surface area contributed by atoms with Gasteiger partial charge in [0, 0.05) is 21.1 Å². The maximum absolute atomic E-state index is 6.13. The zero-order valence-corrected chi connectivity index (χ0v) is 21.4. The first-order valence-corrected chi connectivity index (χ1v) is 12.5. The van der Waals surface area contributed by atoms with E-state index in [4.69, 9.17) is 21.1 Å². The number of rotatable bonds is 5. The van der Waals surface area contributed by atoms with E-state index in [1.165, 1.54) is 16.8 Å². The smallest absolute Gasteiger partial charge is 0.175 e. The molecule has 1 heterocycles. The first kappa shape index (κ1) is 21.9. The number of nitrogens with one attached hydrogen (secondary N) is 1. The van der Waals surface area contributed by atoms with Crippen LogP contribution in [0.25, 0.3) is 0 Å². The van der Waals surface area contributed by atoms with Crippen molar-refractivity contribution in [2.24, 2.45) is 5.92 Å². The molecule has 0 bridgehead atoms. The van der Waals surface area contributed by atoms with Crippen molar-refractivity contribution in [3.05, 3.63) is 97.4 Å². The standard InChI is InChI=1S/C26H22Br2ClNO2/c1-31-24-12-16(11-22(28)26(24)32-14-15-5-8-18(29)9-6-15)25-20-4-2-3-19(20)21-13-17(27)7-10-23(21)30-25/h2-3,5-13,19-20,25,30H,4,14H2,1H3/t19-,20+,25+/m1/s1. The quantitative estimate of drug-likeness (QED) is 0.311. The maximum Gasteiger partial charge on any atom is 0.175 e. The molecule has 0 radical (unpaired) electrons. The van der Waals surface area contributed by atoms with Gasteiger partial charge >= 0.3 is 0 Å². The van der Waals surface area contributed by atoms with E-state index in [0.29, 0.717) is 35.0 Å². The molecule has 1 N–H and O–H groups in total. The van der Waals surface area contributed by atoms with Gasteiger partial charge in [-0.25, -0.2) is 0 Å². The van der Waals surface area contributed by atoms with Crippen LogP contribution < -0.4 is 14.8 Å². The molecule has 1 aliphatic carbocycles. The summed E-state index contributed by atoms with van der Waals surface area (Å²) in [7, 11) is 1.68. The molecular weight excluding hydrogens is 554 g/mol. The minimum absolute atomic E-state index is 0.180. The molecule has 1 aliphatic heterocycles. The number of anilines is 1. The minimum Gasteiger partial charge on any atom is -0.493 e. The van der Waals surface area contributed by atoms with Crippen molar-refractivity contribution >= 4 is 49.1 Å². The highest BCUT2D eigenvalue weighted by Gasteiger charge is 2.38. The Hall–Kier alpha value is -1.95. The highest BCUT2D eigenvalue weighted by Crippen LogP contribution is 2.51. The molecule has 0 aromatic heterocycles. The molecule has 3 nitrogen and oxygen atoms in total. The van der Waals surface area contributed by atoms with Crippen LogP contribution in [0.4, 0.5) is 5.69 Å². The molecule has 0 unspecified atom stereocenters. The molecule has 0 amide bonds. The Morgan fingerprint density at radius 3 is 2.66 bits per heavy atom.